The highest BCUT2D eigenvalue weighted by atomic mass is 19.2. The molecular weight excluding hydrogens is 404 g/mol. The van der Waals surface area contributed by atoms with Crippen LogP contribution in [0, 0.1) is 23.3 Å². The van der Waals surface area contributed by atoms with Crippen LogP contribution in [-0.4, -0.2) is 30.6 Å². The van der Waals surface area contributed by atoms with E-state index in [9.17, 15) is 27.2 Å². The van der Waals surface area contributed by atoms with Crippen LogP contribution in [0.1, 0.15) is 30.4 Å². The van der Waals surface area contributed by atoms with Gasteiger partial charge in [-0.3, -0.25) is 9.69 Å². The molecule has 0 fully saturated rings. The molecule has 0 aromatic heterocycles. The molecule has 1 atom stereocenters. The minimum atomic E-state index is -3.33. The van der Waals surface area contributed by atoms with Crippen LogP contribution in [-0.2, 0) is 16.0 Å². The van der Waals surface area contributed by atoms with Gasteiger partial charge in [-0.15, -0.1) is 0 Å². The van der Waals surface area contributed by atoms with Crippen molar-refractivity contribution in [2.45, 2.75) is 38.8 Å². The van der Waals surface area contributed by atoms with Gasteiger partial charge >= 0.3 is 6.09 Å². The number of fused-ring (bicyclic) bond motifs is 1. The Kier molecular flexibility index (Phi) is 4.51. The fraction of sp³-hybridized carbons (Fsp3) is 0.333. The lowest BCUT2D eigenvalue weighted by atomic mass is 10.1. The van der Waals surface area contributed by atoms with Crippen molar-refractivity contribution in [2.24, 2.45) is 0 Å². The molecule has 1 heterocycles. The first-order valence-electron chi connectivity index (χ1n) is 10.4. The number of rotatable bonds is 2. The van der Waals surface area contributed by atoms with E-state index in [0.717, 1.165) is 17.0 Å². The fourth-order valence-electron chi connectivity index (χ4n) is 3.11. The van der Waals surface area contributed by atoms with E-state index in [0.29, 0.717) is 0 Å². The van der Waals surface area contributed by atoms with Crippen LogP contribution in [0.5, 0.6) is 0 Å². The van der Waals surface area contributed by atoms with Crippen molar-refractivity contribution in [3.63, 3.8) is 0 Å². The van der Waals surface area contributed by atoms with Crippen molar-refractivity contribution in [1.82, 2.24) is 0 Å². The molecule has 1 unspecified atom stereocenters. The maximum Gasteiger partial charge on any atom is 0.415 e. The summed E-state index contributed by atoms with van der Waals surface area (Å²) in [6.45, 7) is 1.36. The average Bonchev–Trinajstić information content (AvgIpc) is 3.02. The smallest absolute Gasteiger partial charge is 0.415 e. The molecule has 0 aliphatic carbocycles. The van der Waals surface area contributed by atoms with E-state index < -0.39 is 59.6 Å². The van der Waals surface area contributed by atoms with Crippen LogP contribution < -0.4 is 9.80 Å². The minimum Gasteiger partial charge on any atom is -0.443 e. The summed E-state index contributed by atoms with van der Waals surface area (Å²) in [6.07, 6.45) is -1.34. The second-order valence-corrected chi connectivity index (χ2v) is 7.73. The molecule has 5 nitrogen and oxygen atoms in total. The molecule has 3 rings (SSSR count). The summed E-state index contributed by atoms with van der Waals surface area (Å²) >= 11 is 0. The molecule has 0 bridgehead atoms. The van der Waals surface area contributed by atoms with E-state index in [-0.39, 0.29) is 34.7 Å². The number of amides is 2. The topological polar surface area (TPSA) is 49.9 Å². The Bertz CT molecular complexity index is 1120. The van der Waals surface area contributed by atoms with Crippen molar-refractivity contribution >= 4 is 23.4 Å². The number of ether oxygens (including phenoxy) is 1. The maximum atomic E-state index is 14.4. The summed E-state index contributed by atoms with van der Waals surface area (Å²) in [5, 5.41) is 0. The van der Waals surface area contributed by atoms with Gasteiger partial charge in [0.1, 0.15) is 23.3 Å². The molecule has 2 amide bonds. The summed E-state index contributed by atoms with van der Waals surface area (Å²) in [5.41, 5.74) is -1.73. The first-order chi connectivity index (χ1) is 15.1. The molecule has 0 spiro atoms. The SMILES string of the molecule is [2H]C([2H])([2H])N(C(=O)C1Cc2cc(F)ccc2N1C(=O)OC(C)(C)C)c1cc(F)c(F)cc1F. The van der Waals surface area contributed by atoms with Crippen molar-refractivity contribution in [3.8, 4) is 0 Å². The normalized spacial score (nSPS) is 17.6. The largest absolute Gasteiger partial charge is 0.443 e. The maximum absolute atomic E-state index is 14.4. The van der Waals surface area contributed by atoms with Crippen LogP contribution in [0.2, 0.25) is 0 Å². The van der Waals surface area contributed by atoms with Gasteiger partial charge in [0.2, 0.25) is 5.91 Å². The Morgan fingerprint density at radius 2 is 1.77 bits per heavy atom. The van der Waals surface area contributed by atoms with Gasteiger partial charge in [-0.1, -0.05) is 0 Å². The van der Waals surface area contributed by atoms with E-state index in [2.05, 4.69) is 0 Å². The van der Waals surface area contributed by atoms with E-state index in [1.807, 2.05) is 0 Å². The predicted octanol–water partition coefficient (Wildman–Crippen LogP) is 4.57. The van der Waals surface area contributed by atoms with Gasteiger partial charge in [-0.2, -0.15) is 0 Å². The Balaban J connectivity index is 2.11. The van der Waals surface area contributed by atoms with Crippen LogP contribution in [0.25, 0.3) is 0 Å². The van der Waals surface area contributed by atoms with Gasteiger partial charge in [-0.05, 0) is 44.5 Å². The second kappa shape index (κ2) is 7.62. The summed E-state index contributed by atoms with van der Waals surface area (Å²) in [7, 11) is 0. The van der Waals surface area contributed by atoms with Gasteiger partial charge in [0.25, 0.3) is 0 Å². The zero-order valence-corrected chi connectivity index (χ0v) is 16.3. The third kappa shape index (κ3) is 4.10. The monoisotopic (exact) mass is 427 g/mol. The lowest BCUT2D eigenvalue weighted by molar-refractivity contribution is -0.119. The van der Waals surface area contributed by atoms with Crippen molar-refractivity contribution in [1.29, 1.82) is 0 Å². The lowest BCUT2D eigenvalue weighted by Crippen LogP contribution is -2.50. The number of carbonyl (C=O) groups is 2. The quantitative estimate of drug-likeness (QED) is 0.521. The third-order valence-electron chi connectivity index (χ3n) is 4.35. The average molecular weight is 427 g/mol. The summed E-state index contributed by atoms with van der Waals surface area (Å²) in [4.78, 5) is 27.2. The second-order valence-electron chi connectivity index (χ2n) is 7.73. The fourth-order valence-corrected chi connectivity index (χ4v) is 3.11. The molecule has 160 valence electrons. The lowest BCUT2D eigenvalue weighted by Gasteiger charge is -2.30. The number of anilines is 2. The Hall–Kier alpha value is -3.10. The molecule has 0 radical (unpaired) electrons. The molecule has 30 heavy (non-hydrogen) atoms. The summed E-state index contributed by atoms with van der Waals surface area (Å²) in [6, 6.07) is 2.11. The zero-order chi connectivity index (χ0) is 24.9. The number of hydrogen-bond donors (Lipinski definition) is 0. The van der Waals surface area contributed by atoms with Gasteiger partial charge in [0.05, 0.1) is 11.4 Å². The number of halogens is 4. The van der Waals surface area contributed by atoms with Crippen molar-refractivity contribution in [2.75, 3.05) is 16.8 Å². The summed E-state index contributed by atoms with van der Waals surface area (Å²) < 4.78 is 83.9. The number of nitrogens with zero attached hydrogens (tertiary/aromatic N) is 2. The molecule has 0 N–H and O–H groups in total. The molecule has 2 aromatic carbocycles. The Labute approximate surface area is 175 Å². The van der Waals surface area contributed by atoms with Crippen LogP contribution in [0.15, 0.2) is 30.3 Å². The standard InChI is InChI=1S/C21H20F4N2O3/c1-21(2,3)30-20(29)27-16-6-5-12(22)7-11(16)8-18(27)19(28)26(4)17-10-14(24)13(23)9-15(17)25/h5-7,9-10,18H,8H2,1-4H3/i4D3. The number of likely N-dealkylation sites (N-methyl/N-ethyl adjacent to an activating group) is 1. The molecule has 9 heteroatoms. The molecule has 1 aliphatic heterocycles. The molecular formula is C21H20F4N2O3. The van der Waals surface area contributed by atoms with Gasteiger partial charge in [0, 0.05) is 29.6 Å². The zero-order valence-electron chi connectivity index (χ0n) is 19.3. The molecule has 1 aliphatic rings. The number of carbonyl (C=O) groups excluding carboxylic acids is 2. The molecule has 0 saturated carbocycles. The van der Waals surface area contributed by atoms with Gasteiger partial charge < -0.3 is 9.64 Å². The highest BCUT2D eigenvalue weighted by molar-refractivity contribution is 6.06. The van der Waals surface area contributed by atoms with E-state index in [4.69, 9.17) is 8.85 Å². The summed E-state index contributed by atoms with van der Waals surface area (Å²) in [5.74, 6) is -6.63. The predicted molar refractivity (Wildman–Crippen MR) is 102 cm³/mol. The first kappa shape index (κ1) is 17.7. The first-order valence-corrected chi connectivity index (χ1v) is 8.89. The van der Waals surface area contributed by atoms with E-state index in [1.54, 1.807) is 20.8 Å². The van der Waals surface area contributed by atoms with Crippen molar-refractivity contribution < 1.29 is 36.0 Å². The Morgan fingerprint density at radius 3 is 2.40 bits per heavy atom. The minimum absolute atomic E-state index is 0.0187. The van der Waals surface area contributed by atoms with Crippen LogP contribution in [0.4, 0.5) is 33.7 Å². The van der Waals surface area contributed by atoms with Gasteiger partial charge in [0.15, 0.2) is 11.6 Å². The highest BCUT2D eigenvalue weighted by Crippen LogP contribution is 2.35. The Morgan fingerprint density at radius 1 is 1.10 bits per heavy atom. The van der Waals surface area contributed by atoms with Crippen molar-refractivity contribution in [3.05, 3.63) is 59.2 Å². The van der Waals surface area contributed by atoms with E-state index >= 15 is 0 Å². The van der Waals surface area contributed by atoms with Crippen LogP contribution >= 0.6 is 0 Å². The highest BCUT2D eigenvalue weighted by Gasteiger charge is 2.42. The van der Waals surface area contributed by atoms with Crippen LogP contribution in [0.3, 0.4) is 0 Å². The van der Waals surface area contributed by atoms with E-state index in [1.165, 1.54) is 6.07 Å². The number of benzene rings is 2. The molecule has 0 saturated heterocycles. The molecule has 2 aromatic rings. The third-order valence-corrected chi connectivity index (χ3v) is 4.35. The number of hydrogen-bond acceptors (Lipinski definition) is 3. The van der Waals surface area contributed by atoms with Gasteiger partial charge in [-0.25, -0.2) is 22.4 Å².